The summed E-state index contributed by atoms with van der Waals surface area (Å²) >= 11 is 0. The molecule has 12 heavy (non-hydrogen) atoms. The normalized spacial score (nSPS) is 13.2. The monoisotopic (exact) mass is 173 g/mol. The molecule has 0 saturated heterocycles. The van der Waals surface area contributed by atoms with Gasteiger partial charge in [0.1, 0.15) is 0 Å². The smallest absolute Gasteiger partial charge is 0.0431 e. The van der Waals surface area contributed by atoms with E-state index < -0.39 is 0 Å². The van der Waals surface area contributed by atoms with Gasteiger partial charge >= 0.3 is 0 Å². The van der Waals surface area contributed by atoms with Crippen LogP contribution < -0.4 is 5.73 Å². The second-order valence-electron chi connectivity index (χ2n) is 3.61. The van der Waals surface area contributed by atoms with Gasteiger partial charge in [0.05, 0.1) is 0 Å². The summed E-state index contributed by atoms with van der Waals surface area (Å²) in [6.07, 6.45) is 8.41. The molecule has 1 atom stereocenters. The van der Waals surface area contributed by atoms with Crippen LogP contribution in [0.1, 0.15) is 51.9 Å². The maximum absolute atomic E-state index is 8.53. The summed E-state index contributed by atoms with van der Waals surface area (Å²) in [5, 5.41) is 8.53. The molecule has 1 unspecified atom stereocenters. The van der Waals surface area contributed by atoms with Crippen molar-refractivity contribution in [1.29, 1.82) is 0 Å². The summed E-state index contributed by atoms with van der Waals surface area (Å²) < 4.78 is 0. The fourth-order valence-corrected chi connectivity index (χ4v) is 1.29. The number of aliphatic hydroxyl groups excluding tert-OH is 1. The molecule has 0 spiro atoms. The maximum atomic E-state index is 8.53. The molecule has 0 heterocycles. The van der Waals surface area contributed by atoms with Gasteiger partial charge in [0.2, 0.25) is 0 Å². The second-order valence-corrected chi connectivity index (χ2v) is 3.61. The van der Waals surface area contributed by atoms with Gasteiger partial charge in [0, 0.05) is 12.6 Å². The Bertz CT molecular complexity index is 83.9. The Kier molecular flexibility index (Phi) is 8.95. The number of aliphatic hydroxyl groups is 1. The molecule has 0 aromatic heterocycles. The van der Waals surface area contributed by atoms with Crippen LogP contribution in [-0.2, 0) is 0 Å². The number of hydrogen-bond donors (Lipinski definition) is 2. The van der Waals surface area contributed by atoms with Crippen LogP contribution in [0, 0.1) is 0 Å². The van der Waals surface area contributed by atoms with Gasteiger partial charge in [0.15, 0.2) is 0 Å². The molecule has 0 aromatic rings. The first-order valence-corrected chi connectivity index (χ1v) is 5.14. The summed E-state index contributed by atoms with van der Waals surface area (Å²) in [6, 6.07) is 0.363. The summed E-state index contributed by atoms with van der Waals surface area (Å²) in [4.78, 5) is 0. The van der Waals surface area contributed by atoms with E-state index in [-0.39, 0.29) is 0 Å². The molecule has 0 saturated carbocycles. The largest absolute Gasteiger partial charge is 0.396 e. The molecule has 0 fully saturated rings. The Morgan fingerprint density at radius 3 is 2.00 bits per heavy atom. The Morgan fingerprint density at radius 1 is 1.00 bits per heavy atom. The van der Waals surface area contributed by atoms with E-state index in [0.717, 1.165) is 12.8 Å². The first-order chi connectivity index (χ1) is 5.77. The van der Waals surface area contributed by atoms with Crippen LogP contribution >= 0.6 is 0 Å². The Morgan fingerprint density at radius 2 is 1.50 bits per heavy atom. The highest BCUT2D eigenvalue weighted by Crippen LogP contribution is 2.07. The molecule has 2 nitrogen and oxygen atoms in total. The molecule has 0 aliphatic rings. The predicted octanol–water partition coefficient (Wildman–Crippen LogP) is 2.06. The van der Waals surface area contributed by atoms with Crippen LogP contribution in [0.2, 0.25) is 0 Å². The topological polar surface area (TPSA) is 46.2 Å². The number of nitrogens with two attached hydrogens (primary N) is 1. The van der Waals surface area contributed by atoms with Crippen molar-refractivity contribution >= 4 is 0 Å². The number of rotatable bonds is 8. The third kappa shape index (κ3) is 9.92. The number of hydrogen-bond acceptors (Lipinski definition) is 2. The lowest BCUT2D eigenvalue weighted by Crippen LogP contribution is -2.13. The highest BCUT2D eigenvalue weighted by atomic mass is 16.2. The third-order valence-corrected chi connectivity index (χ3v) is 2.07. The fourth-order valence-electron chi connectivity index (χ4n) is 1.29. The van der Waals surface area contributed by atoms with Crippen molar-refractivity contribution in [1.82, 2.24) is 0 Å². The van der Waals surface area contributed by atoms with Crippen molar-refractivity contribution in [2.45, 2.75) is 57.9 Å². The predicted molar refractivity (Wildman–Crippen MR) is 53.1 cm³/mol. The first-order valence-electron chi connectivity index (χ1n) is 5.14. The molecule has 0 radical (unpaired) electrons. The van der Waals surface area contributed by atoms with Crippen molar-refractivity contribution < 1.29 is 5.11 Å². The number of unbranched alkanes of at least 4 members (excludes halogenated alkanes) is 5. The van der Waals surface area contributed by atoms with Gasteiger partial charge in [-0.2, -0.15) is 0 Å². The van der Waals surface area contributed by atoms with Gasteiger partial charge in [-0.15, -0.1) is 0 Å². The Hall–Kier alpha value is -0.0800. The van der Waals surface area contributed by atoms with Gasteiger partial charge in [-0.3, -0.25) is 0 Å². The van der Waals surface area contributed by atoms with Crippen LogP contribution in [0.4, 0.5) is 0 Å². The fraction of sp³-hybridized carbons (Fsp3) is 1.00. The Labute approximate surface area is 76.2 Å². The van der Waals surface area contributed by atoms with Crippen LogP contribution in [-0.4, -0.2) is 17.8 Å². The minimum Gasteiger partial charge on any atom is -0.396 e. The zero-order valence-electron chi connectivity index (χ0n) is 8.26. The first kappa shape index (κ1) is 11.9. The highest BCUT2D eigenvalue weighted by molar-refractivity contribution is 4.53. The maximum Gasteiger partial charge on any atom is 0.0431 e. The minimum absolute atomic E-state index is 0.347. The van der Waals surface area contributed by atoms with Gasteiger partial charge in [-0.1, -0.05) is 32.1 Å². The van der Waals surface area contributed by atoms with E-state index in [1.54, 1.807) is 0 Å². The Balaban J connectivity index is 2.82. The highest BCUT2D eigenvalue weighted by Gasteiger charge is 1.94. The van der Waals surface area contributed by atoms with Gasteiger partial charge in [-0.05, 0) is 19.8 Å². The lowest BCUT2D eigenvalue weighted by Gasteiger charge is -2.03. The third-order valence-electron chi connectivity index (χ3n) is 2.07. The van der Waals surface area contributed by atoms with Crippen molar-refractivity contribution in [3.63, 3.8) is 0 Å². The molecular formula is C10H23NO. The molecule has 0 bridgehead atoms. The lowest BCUT2D eigenvalue weighted by molar-refractivity contribution is 0.282. The average molecular weight is 173 g/mol. The summed E-state index contributed by atoms with van der Waals surface area (Å²) in [6.45, 7) is 2.41. The molecule has 0 rings (SSSR count). The molecule has 74 valence electrons. The standard InChI is InChI=1S/C10H23NO/c1-10(11)8-6-4-2-3-5-7-9-12/h10,12H,2-9,11H2,1H3. The molecular weight excluding hydrogens is 150 g/mol. The molecule has 2 heteroatoms. The zero-order chi connectivity index (χ0) is 9.23. The minimum atomic E-state index is 0.347. The molecule has 0 amide bonds. The second kappa shape index (κ2) is 9.01. The quantitative estimate of drug-likeness (QED) is 0.552. The summed E-state index contributed by atoms with van der Waals surface area (Å²) in [7, 11) is 0. The van der Waals surface area contributed by atoms with E-state index in [9.17, 15) is 0 Å². The van der Waals surface area contributed by atoms with Crippen LogP contribution in [0.3, 0.4) is 0 Å². The van der Waals surface area contributed by atoms with Gasteiger partial charge in [-0.25, -0.2) is 0 Å². The molecule has 0 aliphatic carbocycles. The van der Waals surface area contributed by atoms with E-state index in [4.69, 9.17) is 10.8 Å². The van der Waals surface area contributed by atoms with Gasteiger partial charge < -0.3 is 10.8 Å². The van der Waals surface area contributed by atoms with E-state index in [2.05, 4.69) is 6.92 Å². The summed E-state index contributed by atoms with van der Waals surface area (Å²) in [5.74, 6) is 0. The van der Waals surface area contributed by atoms with Crippen LogP contribution in [0.25, 0.3) is 0 Å². The van der Waals surface area contributed by atoms with Crippen molar-refractivity contribution in [2.24, 2.45) is 5.73 Å². The van der Waals surface area contributed by atoms with E-state index >= 15 is 0 Å². The van der Waals surface area contributed by atoms with Crippen molar-refractivity contribution in [3.8, 4) is 0 Å². The molecule has 3 N–H and O–H groups in total. The summed E-state index contributed by atoms with van der Waals surface area (Å²) in [5.41, 5.74) is 5.62. The van der Waals surface area contributed by atoms with Crippen molar-refractivity contribution in [2.75, 3.05) is 6.61 Å². The van der Waals surface area contributed by atoms with Crippen LogP contribution in [0.15, 0.2) is 0 Å². The van der Waals surface area contributed by atoms with Gasteiger partial charge in [0.25, 0.3) is 0 Å². The van der Waals surface area contributed by atoms with E-state index in [1.165, 1.54) is 32.1 Å². The van der Waals surface area contributed by atoms with Crippen molar-refractivity contribution in [3.05, 3.63) is 0 Å². The lowest BCUT2D eigenvalue weighted by atomic mass is 10.1. The van der Waals surface area contributed by atoms with Crippen LogP contribution in [0.5, 0.6) is 0 Å². The molecule has 0 aromatic carbocycles. The zero-order valence-corrected chi connectivity index (χ0v) is 8.26. The van der Waals surface area contributed by atoms with E-state index in [1.807, 2.05) is 0 Å². The average Bonchev–Trinajstić information content (AvgIpc) is 2.02. The SMILES string of the molecule is CC(N)CCCCCCCCO. The van der Waals surface area contributed by atoms with E-state index in [0.29, 0.717) is 12.6 Å². The molecule has 0 aliphatic heterocycles.